The summed E-state index contributed by atoms with van der Waals surface area (Å²) >= 11 is 0. The Balaban J connectivity index is 1.42. The highest BCUT2D eigenvalue weighted by Crippen LogP contribution is 2.16. The van der Waals surface area contributed by atoms with Crippen molar-refractivity contribution in [3.8, 4) is 5.75 Å². The number of benzene rings is 2. The van der Waals surface area contributed by atoms with Gasteiger partial charge in [-0.2, -0.15) is 5.10 Å². The van der Waals surface area contributed by atoms with Crippen LogP contribution in [0.1, 0.15) is 27.0 Å². The first kappa shape index (κ1) is 19.0. The Kier molecular flexibility index (Phi) is 5.48. The molecule has 6 nitrogen and oxygen atoms in total. The van der Waals surface area contributed by atoms with Crippen LogP contribution in [0.5, 0.6) is 5.75 Å². The molecule has 0 saturated carbocycles. The molecule has 1 aliphatic heterocycles. The first-order chi connectivity index (χ1) is 14.1. The highest BCUT2D eigenvalue weighted by molar-refractivity contribution is 5.96. The highest BCUT2D eigenvalue weighted by atomic mass is 19.1. The van der Waals surface area contributed by atoms with Gasteiger partial charge in [-0.15, -0.1) is 0 Å². The Morgan fingerprint density at radius 2 is 1.97 bits per heavy atom. The number of fused-ring (bicyclic) bond motifs is 1. The van der Waals surface area contributed by atoms with Crippen LogP contribution >= 0.6 is 0 Å². The number of hydrogen-bond acceptors (Lipinski definition) is 5. The van der Waals surface area contributed by atoms with Crippen molar-refractivity contribution < 1.29 is 13.9 Å². The quantitative estimate of drug-likeness (QED) is 0.652. The molecule has 2 heterocycles. The fraction of sp³-hybridized carbons (Fsp3) is 0.227. The largest absolute Gasteiger partial charge is 0.487 e. The van der Waals surface area contributed by atoms with Crippen LogP contribution in [0.2, 0.25) is 0 Å². The Morgan fingerprint density at radius 1 is 1.14 bits per heavy atom. The SMILES string of the molecule is O=C(Cn1ncc(OCc2ccc(F)cc2)cc1=O)c1ccc2c(c1)CNCC2. The van der Waals surface area contributed by atoms with Crippen LogP contribution in [0.25, 0.3) is 0 Å². The summed E-state index contributed by atoms with van der Waals surface area (Å²) in [5.41, 5.74) is 3.28. The summed E-state index contributed by atoms with van der Waals surface area (Å²) in [6, 6.07) is 12.9. The lowest BCUT2D eigenvalue weighted by Crippen LogP contribution is -2.27. The maximum Gasteiger partial charge on any atom is 0.270 e. The maximum atomic E-state index is 12.9. The number of aromatic nitrogens is 2. The molecule has 2 aromatic carbocycles. The van der Waals surface area contributed by atoms with E-state index in [-0.39, 0.29) is 24.8 Å². The molecule has 0 saturated heterocycles. The fourth-order valence-electron chi connectivity index (χ4n) is 3.24. The number of hydrogen-bond donors (Lipinski definition) is 1. The molecule has 7 heteroatoms. The van der Waals surface area contributed by atoms with E-state index < -0.39 is 5.56 Å². The van der Waals surface area contributed by atoms with Crippen molar-refractivity contribution in [1.82, 2.24) is 15.1 Å². The van der Waals surface area contributed by atoms with Gasteiger partial charge in [0.05, 0.1) is 6.20 Å². The molecule has 0 amide bonds. The van der Waals surface area contributed by atoms with Gasteiger partial charge in [0, 0.05) is 18.2 Å². The van der Waals surface area contributed by atoms with Crippen molar-refractivity contribution in [2.45, 2.75) is 26.1 Å². The van der Waals surface area contributed by atoms with E-state index in [9.17, 15) is 14.0 Å². The number of Topliss-reactive ketones (excluding diaryl/α,β-unsaturated/α-hetero) is 1. The van der Waals surface area contributed by atoms with Crippen molar-refractivity contribution in [1.29, 1.82) is 0 Å². The zero-order valence-electron chi connectivity index (χ0n) is 15.7. The molecule has 0 atom stereocenters. The zero-order valence-corrected chi connectivity index (χ0v) is 15.7. The first-order valence-corrected chi connectivity index (χ1v) is 9.38. The van der Waals surface area contributed by atoms with Crippen molar-refractivity contribution in [3.63, 3.8) is 0 Å². The van der Waals surface area contributed by atoms with Gasteiger partial charge >= 0.3 is 0 Å². The molecule has 0 bridgehead atoms. The van der Waals surface area contributed by atoms with Gasteiger partial charge < -0.3 is 10.1 Å². The standard InChI is InChI=1S/C22H20FN3O3/c23-19-5-1-15(2-6-19)14-29-20-10-22(28)26(25-12-20)13-21(27)17-4-3-16-7-8-24-11-18(16)9-17/h1-6,9-10,12,24H,7-8,11,13-14H2. The zero-order chi connectivity index (χ0) is 20.2. The predicted molar refractivity (Wildman–Crippen MR) is 105 cm³/mol. The van der Waals surface area contributed by atoms with Gasteiger partial charge in [0.15, 0.2) is 5.78 Å². The van der Waals surface area contributed by atoms with Gasteiger partial charge in [0.2, 0.25) is 0 Å². The average molecular weight is 393 g/mol. The van der Waals surface area contributed by atoms with E-state index in [1.165, 1.54) is 30.0 Å². The molecule has 3 aromatic rings. The fourth-order valence-corrected chi connectivity index (χ4v) is 3.24. The third-order valence-corrected chi connectivity index (χ3v) is 4.87. The summed E-state index contributed by atoms with van der Waals surface area (Å²) in [7, 11) is 0. The van der Waals surface area contributed by atoms with Gasteiger partial charge in [-0.25, -0.2) is 9.07 Å². The second-order valence-corrected chi connectivity index (χ2v) is 6.94. The smallest absolute Gasteiger partial charge is 0.270 e. The molecule has 4 rings (SSSR count). The van der Waals surface area contributed by atoms with Crippen LogP contribution in [-0.4, -0.2) is 22.1 Å². The average Bonchev–Trinajstić information content (AvgIpc) is 2.74. The predicted octanol–water partition coefficient (Wildman–Crippen LogP) is 2.49. The molecule has 0 aliphatic carbocycles. The monoisotopic (exact) mass is 393 g/mol. The van der Waals surface area contributed by atoms with Gasteiger partial charge in [-0.1, -0.05) is 24.3 Å². The molecule has 0 unspecified atom stereocenters. The second-order valence-electron chi connectivity index (χ2n) is 6.94. The third kappa shape index (κ3) is 4.57. The van der Waals surface area contributed by atoms with E-state index in [2.05, 4.69) is 10.4 Å². The number of nitrogens with zero attached hydrogens (tertiary/aromatic N) is 2. The summed E-state index contributed by atoms with van der Waals surface area (Å²) in [4.78, 5) is 24.9. The summed E-state index contributed by atoms with van der Waals surface area (Å²) in [5, 5.41) is 7.33. The topological polar surface area (TPSA) is 73.2 Å². The van der Waals surface area contributed by atoms with E-state index >= 15 is 0 Å². The Bertz CT molecular complexity index is 1090. The summed E-state index contributed by atoms with van der Waals surface area (Å²) < 4.78 is 19.6. The third-order valence-electron chi connectivity index (χ3n) is 4.87. The number of rotatable bonds is 6. The van der Waals surface area contributed by atoms with Crippen LogP contribution in [0.4, 0.5) is 4.39 Å². The Hall–Kier alpha value is -3.32. The molecule has 29 heavy (non-hydrogen) atoms. The number of ketones is 1. The first-order valence-electron chi connectivity index (χ1n) is 9.38. The second kappa shape index (κ2) is 8.36. The molecule has 148 valence electrons. The van der Waals surface area contributed by atoms with Gasteiger partial charge in [-0.05, 0) is 47.9 Å². The number of carbonyl (C=O) groups is 1. The minimum Gasteiger partial charge on any atom is -0.487 e. The van der Waals surface area contributed by atoms with Crippen molar-refractivity contribution in [2.75, 3.05) is 6.54 Å². The van der Waals surface area contributed by atoms with Gasteiger partial charge in [-0.3, -0.25) is 9.59 Å². The summed E-state index contributed by atoms with van der Waals surface area (Å²) in [6.07, 6.45) is 2.35. The van der Waals surface area contributed by atoms with Crippen LogP contribution in [0.3, 0.4) is 0 Å². The van der Waals surface area contributed by atoms with Crippen LogP contribution in [-0.2, 0) is 26.1 Å². The normalized spacial score (nSPS) is 13.0. The number of halogens is 1. The highest BCUT2D eigenvalue weighted by Gasteiger charge is 2.14. The Labute approximate surface area is 166 Å². The molecule has 0 fully saturated rings. The van der Waals surface area contributed by atoms with Crippen molar-refractivity contribution in [2.24, 2.45) is 0 Å². The summed E-state index contributed by atoms with van der Waals surface area (Å²) in [6.45, 7) is 1.74. The maximum absolute atomic E-state index is 12.9. The van der Waals surface area contributed by atoms with Crippen LogP contribution < -0.4 is 15.6 Å². The number of ether oxygens (including phenoxy) is 1. The van der Waals surface area contributed by atoms with E-state index in [4.69, 9.17) is 4.74 Å². The van der Waals surface area contributed by atoms with Crippen LogP contribution in [0.15, 0.2) is 59.5 Å². The number of nitrogens with one attached hydrogen (secondary N) is 1. The minimum absolute atomic E-state index is 0.136. The summed E-state index contributed by atoms with van der Waals surface area (Å²) in [5.74, 6) is -0.200. The van der Waals surface area contributed by atoms with Crippen LogP contribution in [0, 0.1) is 5.82 Å². The molecule has 0 radical (unpaired) electrons. The lowest BCUT2D eigenvalue weighted by atomic mass is 9.97. The lowest BCUT2D eigenvalue weighted by Gasteiger charge is -2.17. The van der Waals surface area contributed by atoms with E-state index in [1.807, 2.05) is 12.1 Å². The van der Waals surface area contributed by atoms with E-state index in [1.54, 1.807) is 18.2 Å². The van der Waals surface area contributed by atoms with E-state index in [0.717, 1.165) is 35.3 Å². The van der Waals surface area contributed by atoms with Gasteiger partial charge in [0.25, 0.3) is 5.56 Å². The minimum atomic E-state index is -0.422. The van der Waals surface area contributed by atoms with E-state index in [0.29, 0.717) is 11.3 Å². The van der Waals surface area contributed by atoms with Crippen molar-refractivity contribution >= 4 is 5.78 Å². The lowest BCUT2D eigenvalue weighted by molar-refractivity contribution is 0.0965. The molecular formula is C22H20FN3O3. The Morgan fingerprint density at radius 3 is 2.76 bits per heavy atom. The number of carbonyl (C=O) groups excluding carboxylic acids is 1. The van der Waals surface area contributed by atoms with Crippen molar-refractivity contribution in [3.05, 3.63) is 93.2 Å². The molecular weight excluding hydrogens is 373 g/mol. The molecule has 1 N–H and O–H groups in total. The molecule has 1 aromatic heterocycles. The molecule has 0 spiro atoms. The molecule has 1 aliphatic rings. The van der Waals surface area contributed by atoms with Gasteiger partial charge in [0.1, 0.15) is 24.7 Å².